The van der Waals surface area contributed by atoms with Gasteiger partial charge >= 0.3 is 0 Å². The maximum Gasteiger partial charge on any atom is 0.223 e. The summed E-state index contributed by atoms with van der Waals surface area (Å²) in [5.74, 6) is 1.92. The number of nitrogens with one attached hydrogen (secondary N) is 1. The average molecular weight is 335 g/mol. The SMILES string of the molecule is COc1ccc(CCNC(=O)[C@H]2CCCC[C@@H]2CCO)cc1OC. The van der Waals surface area contributed by atoms with E-state index in [9.17, 15) is 9.90 Å². The van der Waals surface area contributed by atoms with E-state index in [4.69, 9.17) is 9.47 Å². The Morgan fingerprint density at radius 1 is 1.21 bits per heavy atom. The van der Waals surface area contributed by atoms with Crippen LogP contribution in [0.15, 0.2) is 18.2 Å². The number of aliphatic hydroxyl groups excluding tert-OH is 1. The van der Waals surface area contributed by atoms with Gasteiger partial charge in [0.1, 0.15) is 0 Å². The molecule has 1 aliphatic carbocycles. The Morgan fingerprint density at radius 2 is 1.96 bits per heavy atom. The van der Waals surface area contributed by atoms with Crippen LogP contribution in [-0.4, -0.2) is 38.4 Å². The van der Waals surface area contributed by atoms with Crippen LogP contribution in [0.4, 0.5) is 0 Å². The lowest BCUT2D eigenvalue weighted by molar-refractivity contribution is -0.128. The van der Waals surface area contributed by atoms with Gasteiger partial charge in [0.05, 0.1) is 14.2 Å². The maximum atomic E-state index is 12.5. The number of carbonyl (C=O) groups is 1. The predicted octanol–water partition coefficient (Wildman–Crippen LogP) is 2.55. The molecule has 0 saturated heterocycles. The molecule has 134 valence electrons. The first kappa shape index (κ1) is 18.6. The van der Waals surface area contributed by atoms with Crippen LogP contribution in [0.25, 0.3) is 0 Å². The zero-order valence-corrected chi connectivity index (χ0v) is 14.7. The van der Waals surface area contributed by atoms with E-state index in [1.165, 1.54) is 6.42 Å². The normalized spacial score (nSPS) is 20.5. The van der Waals surface area contributed by atoms with Gasteiger partial charge in [-0.3, -0.25) is 4.79 Å². The molecule has 1 aromatic carbocycles. The van der Waals surface area contributed by atoms with Gasteiger partial charge in [0.2, 0.25) is 5.91 Å². The summed E-state index contributed by atoms with van der Waals surface area (Å²) < 4.78 is 10.5. The fourth-order valence-corrected chi connectivity index (χ4v) is 3.56. The van der Waals surface area contributed by atoms with Crippen LogP contribution in [0.2, 0.25) is 0 Å². The highest BCUT2D eigenvalue weighted by molar-refractivity contribution is 5.79. The molecule has 0 unspecified atom stereocenters. The van der Waals surface area contributed by atoms with E-state index in [2.05, 4.69) is 5.32 Å². The van der Waals surface area contributed by atoms with Crippen LogP contribution >= 0.6 is 0 Å². The molecule has 24 heavy (non-hydrogen) atoms. The smallest absolute Gasteiger partial charge is 0.223 e. The molecule has 0 heterocycles. The van der Waals surface area contributed by atoms with E-state index in [0.717, 1.165) is 37.7 Å². The van der Waals surface area contributed by atoms with Crippen LogP contribution in [0.1, 0.15) is 37.7 Å². The zero-order valence-electron chi connectivity index (χ0n) is 14.7. The first-order chi connectivity index (χ1) is 11.7. The lowest BCUT2D eigenvalue weighted by atomic mass is 9.77. The molecular weight excluding hydrogens is 306 g/mol. The molecule has 0 spiro atoms. The van der Waals surface area contributed by atoms with Gasteiger partial charge in [-0.15, -0.1) is 0 Å². The summed E-state index contributed by atoms with van der Waals surface area (Å²) in [4.78, 5) is 12.5. The topological polar surface area (TPSA) is 67.8 Å². The van der Waals surface area contributed by atoms with Crippen molar-refractivity contribution in [1.82, 2.24) is 5.32 Å². The quantitative estimate of drug-likeness (QED) is 0.766. The van der Waals surface area contributed by atoms with Crippen molar-refractivity contribution in [3.8, 4) is 11.5 Å². The van der Waals surface area contributed by atoms with Crippen LogP contribution in [0.5, 0.6) is 11.5 Å². The Morgan fingerprint density at radius 3 is 2.67 bits per heavy atom. The minimum absolute atomic E-state index is 0.0521. The molecule has 5 nitrogen and oxygen atoms in total. The minimum Gasteiger partial charge on any atom is -0.493 e. The molecule has 0 aliphatic heterocycles. The molecule has 1 amide bonds. The molecule has 0 aromatic heterocycles. The van der Waals surface area contributed by atoms with E-state index in [-0.39, 0.29) is 18.4 Å². The lowest BCUT2D eigenvalue weighted by Crippen LogP contribution is -2.38. The van der Waals surface area contributed by atoms with E-state index in [1.807, 2.05) is 18.2 Å². The third-order valence-corrected chi connectivity index (χ3v) is 4.91. The number of benzene rings is 1. The number of hydrogen-bond donors (Lipinski definition) is 2. The van der Waals surface area contributed by atoms with Crippen molar-refractivity contribution >= 4 is 5.91 Å². The van der Waals surface area contributed by atoms with Gasteiger partial charge in [0.25, 0.3) is 0 Å². The van der Waals surface area contributed by atoms with Crippen molar-refractivity contribution in [3.05, 3.63) is 23.8 Å². The Bertz CT molecular complexity index is 530. The van der Waals surface area contributed by atoms with Gasteiger partial charge in [-0.25, -0.2) is 0 Å². The van der Waals surface area contributed by atoms with Crippen molar-refractivity contribution in [2.75, 3.05) is 27.4 Å². The second-order valence-electron chi connectivity index (χ2n) is 6.39. The van der Waals surface area contributed by atoms with Gasteiger partial charge in [0.15, 0.2) is 11.5 Å². The van der Waals surface area contributed by atoms with Gasteiger partial charge in [-0.2, -0.15) is 0 Å². The maximum absolute atomic E-state index is 12.5. The molecule has 1 saturated carbocycles. The van der Waals surface area contributed by atoms with Gasteiger partial charge in [-0.05, 0) is 49.3 Å². The lowest BCUT2D eigenvalue weighted by Gasteiger charge is -2.30. The summed E-state index contributed by atoms with van der Waals surface area (Å²) in [5.41, 5.74) is 1.10. The number of aliphatic hydroxyl groups is 1. The van der Waals surface area contributed by atoms with Crippen LogP contribution < -0.4 is 14.8 Å². The van der Waals surface area contributed by atoms with Gasteiger partial charge in [0, 0.05) is 19.1 Å². The monoisotopic (exact) mass is 335 g/mol. The first-order valence-electron chi connectivity index (χ1n) is 8.79. The van der Waals surface area contributed by atoms with E-state index < -0.39 is 0 Å². The first-order valence-corrected chi connectivity index (χ1v) is 8.79. The molecule has 2 rings (SSSR count). The van der Waals surface area contributed by atoms with Crippen LogP contribution in [0.3, 0.4) is 0 Å². The van der Waals surface area contributed by atoms with Crippen molar-refractivity contribution in [2.24, 2.45) is 11.8 Å². The van der Waals surface area contributed by atoms with E-state index in [0.29, 0.717) is 24.0 Å². The number of hydrogen-bond acceptors (Lipinski definition) is 4. The fourth-order valence-electron chi connectivity index (χ4n) is 3.56. The van der Waals surface area contributed by atoms with Gasteiger partial charge in [-0.1, -0.05) is 18.9 Å². The van der Waals surface area contributed by atoms with Crippen molar-refractivity contribution in [2.45, 2.75) is 38.5 Å². The Balaban J connectivity index is 1.85. The Kier molecular flexibility index (Phi) is 7.37. The van der Waals surface area contributed by atoms with Gasteiger partial charge < -0.3 is 19.9 Å². The number of methoxy groups -OCH3 is 2. The highest BCUT2D eigenvalue weighted by Gasteiger charge is 2.30. The summed E-state index contributed by atoms with van der Waals surface area (Å²) in [6.07, 6.45) is 5.74. The van der Waals surface area contributed by atoms with Crippen LogP contribution in [-0.2, 0) is 11.2 Å². The number of carbonyl (C=O) groups excluding carboxylic acids is 1. The molecule has 0 radical (unpaired) electrons. The van der Waals surface area contributed by atoms with Crippen LogP contribution in [0, 0.1) is 11.8 Å². The Labute approximate surface area is 144 Å². The largest absolute Gasteiger partial charge is 0.493 e. The van der Waals surface area contributed by atoms with Crippen molar-refractivity contribution < 1.29 is 19.4 Å². The number of amides is 1. The molecule has 1 aliphatic rings. The highest BCUT2D eigenvalue weighted by atomic mass is 16.5. The van der Waals surface area contributed by atoms with Crippen molar-refractivity contribution in [1.29, 1.82) is 0 Å². The molecule has 5 heteroatoms. The summed E-state index contributed by atoms with van der Waals surface area (Å²) in [6.45, 7) is 0.775. The predicted molar refractivity (Wildman–Crippen MR) is 93.4 cm³/mol. The summed E-state index contributed by atoms with van der Waals surface area (Å²) in [7, 11) is 3.23. The highest BCUT2D eigenvalue weighted by Crippen LogP contribution is 2.32. The fraction of sp³-hybridized carbons (Fsp3) is 0.632. The summed E-state index contributed by atoms with van der Waals surface area (Å²) in [6, 6.07) is 5.82. The average Bonchev–Trinajstić information content (AvgIpc) is 2.62. The zero-order chi connectivity index (χ0) is 17.4. The van der Waals surface area contributed by atoms with Crippen molar-refractivity contribution in [3.63, 3.8) is 0 Å². The van der Waals surface area contributed by atoms with E-state index >= 15 is 0 Å². The molecular formula is C19H29NO4. The number of rotatable bonds is 8. The third kappa shape index (κ3) is 4.87. The molecule has 1 aromatic rings. The molecule has 2 atom stereocenters. The summed E-state index contributed by atoms with van der Waals surface area (Å²) in [5, 5.41) is 12.2. The standard InChI is InChI=1S/C19H29NO4/c1-23-17-8-7-14(13-18(17)24-2)9-11-20-19(22)16-6-4-3-5-15(16)10-12-21/h7-8,13,15-16,21H,3-6,9-12H2,1-2H3,(H,20,22)/t15-,16+/m1/s1. The second kappa shape index (κ2) is 9.52. The molecule has 2 N–H and O–H groups in total. The third-order valence-electron chi connectivity index (χ3n) is 4.91. The number of ether oxygens (including phenoxy) is 2. The molecule has 0 bridgehead atoms. The summed E-state index contributed by atoms with van der Waals surface area (Å²) >= 11 is 0. The van der Waals surface area contributed by atoms with E-state index in [1.54, 1.807) is 14.2 Å². The molecule has 1 fully saturated rings. The second-order valence-corrected chi connectivity index (χ2v) is 6.39. The minimum atomic E-state index is 0.0521. The Hall–Kier alpha value is -1.75.